The van der Waals surface area contributed by atoms with Crippen LogP contribution in [0.5, 0.6) is 0 Å². The van der Waals surface area contributed by atoms with Gasteiger partial charge in [-0.1, -0.05) is 0 Å². The first kappa shape index (κ1) is 11.0. The molecule has 1 saturated carbocycles. The van der Waals surface area contributed by atoms with Gasteiger partial charge in [-0.25, -0.2) is 0 Å². The van der Waals surface area contributed by atoms with Crippen LogP contribution in [0.3, 0.4) is 0 Å². The molecule has 0 bridgehead atoms. The van der Waals surface area contributed by atoms with E-state index in [0.717, 1.165) is 32.4 Å². The smallest absolute Gasteiger partial charge is 0.0546 e. The molecule has 1 fully saturated rings. The van der Waals surface area contributed by atoms with Crippen LogP contribution >= 0.6 is 0 Å². The fraction of sp³-hybridized carbons (Fsp3) is 1.00. The highest BCUT2D eigenvalue weighted by Crippen LogP contribution is 2.28. The Kier molecular flexibility index (Phi) is 4.16. The van der Waals surface area contributed by atoms with Crippen molar-refractivity contribution in [2.75, 3.05) is 20.1 Å². The third-order valence-electron chi connectivity index (χ3n) is 3.09. The zero-order valence-electron chi connectivity index (χ0n) is 8.74. The van der Waals surface area contributed by atoms with Crippen LogP contribution in [0.15, 0.2) is 0 Å². The Bertz CT molecular complexity index is 146. The minimum Gasteiger partial charge on any atom is -0.393 e. The molecule has 0 spiro atoms. The lowest BCUT2D eigenvalue weighted by atomic mass is 9.82. The summed E-state index contributed by atoms with van der Waals surface area (Å²) >= 11 is 0. The highest BCUT2D eigenvalue weighted by Gasteiger charge is 2.28. The van der Waals surface area contributed by atoms with Crippen molar-refractivity contribution in [3.05, 3.63) is 0 Å². The molecule has 3 heteroatoms. The minimum absolute atomic E-state index is 0.0248. The first-order valence-corrected chi connectivity index (χ1v) is 5.21. The first-order valence-electron chi connectivity index (χ1n) is 5.21. The number of hydrogen-bond acceptors (Lipinski definition) is 3. The Labute approximate surface area is 80.9 Å². The average Bonchev–Trinajstić information content (AvgIpc) is 2.02. The lowest BCUT2D eigenvalue weighted by molar-refractivity contribution is 0.0228. The first-order chi connectivity index (χ1) is 6.13. The molecule has 0 aliphatic heterocycles. The van der Waals surface area contributed by atoms with E-state index in [1.165, 1.54) is 0 Å². The third kappa shape index (κ3) is 3.25. The van der Waals surface area contributed by atoms with Gasteiger partial charge in [-0.2, -0.15) is 0 Å². The Morgan fingerprint density at radius 3 is 2.62 bits per heavy atom. The fourth-order valence-electron chi connectivity index (χ4n) is 1.90. The molecule has 3 nitrogen and oxygen atoms in total. The number of aliphatic hydroxyl groups excluding tert-OH is 1. The second kappa shape index (κ2) is 4.94. The topological polar surface area (TPSA) is 49.5 Å². The maximum absolute atomic E-state index is 9.13. The van der Waals surface area contributed by atoms with Crippen molar-refractivity contribution >= 4 is 0 Å². The van der Waals surface area contributed by atoms with Crippen LogP contribution in [0.25, 0.3) is 0 Å². The molecule has 3 N–H and O–H groups in total. The number of nitrogens with two attached hydrogens (primary N) is 1. The summed E-state index contributed by atoms with van der Waals surface area (Å²) in [5.41, 5.74) is 5.50. The van der Waals surface area contributed by atoms with Crippen LogP contribution in [0.2, 0.25) is 0 Å². The van der Waals surface area contributed by atoms with Crippen molar-refractivity contribution in [3.8, 4) is 0 Å². The Balaban J connectivity index is 2.13. The van der Waals surface area contributed by atoms with E-state index in [0.29, 0.717) is 12.0 Å². The Morgan fingerprint density at radius 1 is 1.54 bits per heavy atom. The highest BCUT2D eigenvalue weighted by molar-refractivity contribution is 4.81. The van der Waals surface area contributed by atoms with Crippen LogP contribution in [-0.4, -0.2) is 42.3 Å². The molecule has 0 radical (unpaired) electrons. The lowest BCUT2D eigenvalue weighted by Crippen LogP contribution is -2.41. The molecule has 78 valence electrons. The maximum atomic E-state index is 9.13. The van der Waals surface area contributed by atoms with E-state index in [2.05, 4.69) is 18.9 Å². The summed E-state index contributed by atoms with van der Waals surface area (Å²) in [7, 11) is 2.14. The predicted molar refractivity (Wildman–Crippen MR) is 54.5 cm³/mol. The van der Waals surface area contributed by atoms with Gasteiger partial charge in [0.2, 0.25) is 0 Å². The van der Waals surface area contributed by atoms with E-state index in [4.69, 9.17) is 10.8 Å². The van der Waals surface area contributed by atoms with Gasteiger partial charge in [0.25, 0.3) is 0 Å². The van der Waals surface area contributed by atoms with Gasteiger partial charge in [0.05, 0.1) is 6.10 Å². The maximum Gasteiger partial charge on any atom is 0.0546 e. The van der Waals surface area contributed by atoms with Gasteiger partial charge < -0.3 is 15.7 Å². The molecule has 1 aliphatic rings. The van der Waals surface area contributed by atoms with E-state index in [1.807, 2.05) is 0 Å². The molecular weight excluding hydrogens is 164 g/mol. The zero-order valence-corrected chi connectivity index (χ0v) is 8.74. The van der Waals surface area contributed by atoms with Crippen molar-refractivity contribution in [2.45, 2.75) is 38.3 Å². The SMILES string of the molecule is CC(CCN)N(C)CC1CC(O)C1. The molecule has 0 aromatic rings. The van der Waals surface area contributed by atoms with Crippen molar-refractivity contribution in [3.63, 3.8) is 0 Å². The second-order valence-electron chi connectivity index (χ2n) is 4.36. The fourth-order valence-corrected chi connectivity index (χ4v) is 1.90. The third-order valence-corrected chi connectivity index (χ3v) is 3.09. The summed E-state index contributed by atoms with van der Waals surface area (Å²) in [6.07, 6.45) is 3.01. The summed E-state index contributed by atoms with van der Waals surface area (Å²) < 4.78 is 0. The molecule has 13 heavy (non-hydrogen) atoms. The van der Waals surface area contributed by atoms with Gasteiger partial charge in [0.15, 0.2) is 0 Å². The van der Waals surface area contributed by atoms with E-state index in [-0.39, 0.29) is 6.10 Å². The second-order valence-corrected chi connectivity index (χ2v) is 4.36. The molecule has 0 aromatic carbocycles. The number of nitrogens with zero attached hydrogens (tertiary/aromatic N) is 1. The number of rotatable bonds is 5. The van der Waals surface area contributed by atoms with Gasteiger partial charge >= 0.3 is 0 Å². The summed E-state index contributed by atoms with van der Waals surface area (Å²) in [5.74, 6) is 0.709. The molecule has 1 rings (SSSR count). The van der Waals surface area contributed by atoms with Gasteiger partial charge in [-0.05, 0) is 45.7 Å². The summed E-state index contributed by atoms with van der Waals surface area (Å²) in [6.45, 7) is 4.08. The van der Waals surface area contributed by atoms with Crippen LogP contribution in [0.4, 0.5) is 0 Å². The lowest BCUT2D eigenvalue weighted by Gasteiger charge is -2.36. The number of aliphatic hydroxyl groups is 1. The van der Waals surface area contributed by atoms with Gasteiger partial charge in [-0.3, -0.25) is 0 Å². The Morgan fingerprint density at radius 2 is 2.15 bits per heavy atom. The Hall–Kier alpha value is -0.120. The molecule has 1 aliphatic carbocycles. The van der Waals surface area contributed by atoms with Crippen molar-refractivity contribution in [2.24, 2.45) is 11.7 Å². The van der Waals surface area contributed by atoms with Gasteiger partial charge in [0.1, 0.15) is 0 Å². The van der Waals surface area contributed by atoms with Crippen molar-refractivity contribution < 1.29 is 5.11 Å². The largest absolute Gasteiger partial charge is 0.393 e. The summed E-state index contributed by atoms with van der Waals surface area (Å²) in [5, 5.41) is 9.13. The molecule has 1 atom stereocenters. The van der Waals surface area contributed by atoms with Crippen LogP contribution in [0, 0.1) is 5.92 Å². The van der Waals surface area contributed by atoms with Crippen molar-refractivity contribution in [1.82, 2.24) is 4.90 Å². The zero-order chi connectivity index (χ0) is 9.84. The molecule has 0 saturated heterocycles. The van der Waals surface area contributed by atoms with E-state index in [9.17, 15) is 0 Å². The molecule has 0 heterocycles. The van der Waals surface area contributed by atoms with Crippen LogP contribution in [0.1, 0.15) is 26.2 Å². The van der Waals surface area contributed by atoms with Gasteiger partial charge in [-0.15, -0.1) is 0 Å². The van der Waals surface area contributed by atoms with E-state index >= 15 is 0 Å². The summed E-state index contributed by atoms with van der Waals surface area (Å²) in [4.78, 5) is 2.35. The summed E-state index contributed by atoms with van der Waals surface area (Å²) in [6, 6.07) is 0.572. The van der Waals surface area contributed by atoms with Crippen LogP contribution in [-0.2, 0) is 0 Å². The van der Waals surface area contributed by atoms with Crippen molar-refractivity contribution in [1.29, 1.82) is 0 Å². The standard InChI is InChI=1S/C10H22N2O/c1-8(3-4-11)12(2)7-9-5-10(13)6-9/h8-10,13H,3-7,11H2,1-2H3. The minimum atomic E-state index is -0.0248. The quantitative estimate of drug-likeness (QED) is 0.654. The molecule has 0 amide bonds. The van der Waals surface area contributed by atoms with Crippen LogP contribution < -0.4 is 5.73 Å². The average molecular weight is 186 g/mol. The molecule has 0 aromatic heterocycles. The predicted octanol–water partition coefficient (Wildman–Crippen LogP) is 0.426. The highest BCUT2D eigenvalue weighted by atomic mass is 16.3. The molecule has 1 unspecified atom stereocenters. The number of hydrogen-bond donors (Lipinski definition) is 2. The van der Waals surface area contributed by atoms with E-state index in [1.54, 1.807) is 0 Å². The van der Waals surface area contributed by atoms with E-state index < -0.39 is 0 Å². The monoisotopic (exact) mass is 186 g/mol. The van der Waals surface area contributed by atoms with Gasteiger partial charge in [0, 0.05) is 12.6 Å². The normalized spacial score (nSPS) is 30.2. The molecular formula is C10H22N2O.